The molecule has 1 N–H and O–H groups in total. The fraction of sp³-hybridized carbons (Fsp3) is 0.300. The van der Waals surface area contributed by atoms with Crippen LogP contribution in [0.1, 0.15) is 15.8 Å². The van der Waals surface area contributed by atoms with Crippen molar-refractivity contribution >= 4 is 38.6 Å². The third kappa shape index (κ3) is 2.66. The summed E-state index contributed by atoms with van der Waals surface area (Å²) in [6, 6.07) is 2.46. The Balaban J connectivity index is 2.13. The molecule has 0 aliphatic carbocycles. The Bertz CT molecular complexity index is 411. The largest absolute Gasteiger partial charge is 0.312 e. The number of thiazole rings is 1. The van der Waals surface area contributed by atoms with E-state index in [-0.39, 0.29) is 0 Å². The number of thiophene rings is 1. The summed E-state index contributed by atoms with van der Waals surface area (Å²) in [6.45, 7) is 0. The lowest BCUT2D eigenvalue weighted by Crippen LogP contribution is -2.17. The van der Waals surface area contributed by atoms with Gasteiger partial charge in [-0.25, -0.2) is 0 Å². The molecule has 0 aliphatic rings. The maximum absolute atomic E-state index is 4.11. The zero-order valence-electron chi connectivity index (χ0n) is 8.24. The van der Waals surface area contributed by atoms with Crippen LogP contribution in [-0.4, -0.2) is 12.0 Å². The van der Waals surface area contributed by atoms with Gasteiger partial charge in [-0.3, -0.25) is 4.98 Å². The first-order valence-electron chi connectivity index (χ1n) is 4.58. The van der Waals surface area contributed by atoms with E-state index in [1.54, 1.807) is 22.7 Å². The van der Waals surface area contributed by atoms with Gasteiger partial charge in [-0.15, -0.1) is 22.7 Å². The minimum absolute atomic E-state index is 0.368. The summed E-state index contributed by atoms with van der Waals surface area (Å²) in [5.41, 5.74) is 1.88. The molecule has 2 heterocycles. The minimum Gasteiger partial charge on any atom is -0.312 e. The third-order valence-electron chi connectivity index (χ3n) is 2.22. The molecular weight excluding hydrogens is 292 g/mol. The second-order valence-electron chi connectivity index (χ2n) is 3.14. The van der Waals surface area contributed by atoms with Crippen molar-refractivity contribution in [1.82, 2.24) is 10.3 Å². The summed E-state index contributed by atoms with van der Waals surface area (Å²) in [5, 5.41) is 5.44. The minimum atomic E-state index is 0.368. The van der Waals surface area contributed by atoms with Crippen LogP contribution in [0, 0.1) is 0 Å². The summed E-state index contributed by atoms with van der Waals surface area (Å²) in [4.78, 5) is 6.78. The molecule has 80 valence electrons. The predicted octanol–water partition coefficient (Wildman–Crippen LogP) is 3.47. The van der Waals surface area contributed by atoms with Gasteiger partial charge >= 0.3 is 0 Å². The predicted molar refractivity (Wildman–Crippen MR) is 69.6 cm³/mol. The molecule has 15 heavy (non-hydrogen) atoms. The number of hydrogen-bond acceptors (Lipinski definition) is 4. The Morgan fingerprint density at radius 2 is 2.40 bits per heavy atom. The van der Waals surface area contributed by atoms with Gasteiger partial charge in [-0.2, -0.15) is 0 Å². The topological polar surface area (TPSA) is 24.9 Å². The Morgan fingerprint density at radius 1 is 1.53 bits per heavy atom. The van der Waals surface area contributed by atoms with E-state index in [9.17, 15) is 0 Å². The maximum Gasteiger partial charge on any atom is 0.0794 e. The zero-order valence-corrected chi connectivity index (χ0v) is 11.5. The summed E-state index contributed by atoms with van der Waals surface area (Å²) < 4.78 is 1.21. The van der Waals surface area contributed by atoms with Crippen molar-refractivity contribution in [3.8, 4) is 0 Å². The molecule has 0 aromatic carbocycles. The zero-order chi connectivity index (χ0) is 10.7. The molecule has 0 amide bonds. The molecule has 5 heteroatoms. The number of aromatic nitrogens is 1. The summed E-state index contributed by atoms with van der Waals surface area (Å²) in [5.74, 6) is 0. The molecule has 1 atom stereocenters. The monoisotopic (exact) mass is 302 g/mol. The molecule has 2 aromatic heterocycles. The molecular formula is C10H11BrN2S2. The quantitative estimate of drug-likeness (QED) is 0.935. The van der Waals surface area contributed by atoms with Gasteiger partial charge in [0.1, 0.15) is 0 Å². The molecule has 2 nitrogen and oxygen atoms in total. The van der Waals surface area contributed by atoms with E-state index < -0.39 is 0 Å². The highest BCUT2D eigenvalue weighted by Crippen LogP contribution is 2.29. The highest BCUT2D eigenvalue weighted by atomic mass is 79.9. The molecule has 0 aliphatic heterocycles. The molecule has 2 rings (SSSR count). The molecule has 0 saturated heterocycles. The number of halogens is 1. The number of hydrogen-bond donors (Lipinski definition) is 1. The van der Waals surface area contributed by atoms with Crippen molar-refractivity contribution in [2.75, 3.05) is 7.05 Å². The van der Waals surface area contributed by atoms with Gasteiger partial charge < -0.3 is 5.32 Å². The van der Waals surface area contributed by atoms with Gasteiger partial charge in [-0.05, 0) is 34.4 Å². The van der Waals surface area contributed by atoms with Crippen LogP contribution >= 0.6 is 38.6 Å². The molecule has 0 saturated carbocycles. The van der Waals surface area contributed by atoms with Crippen LogP contribution in [0.15, 0.2) is 27.6 Å². The van der Waals surface area contributed by atoms with Crippen LogP contribution in [0.4, 0.5) is 0 Å². The molecule has 0 fully saturated rings. The fourth-order valence-electron chi connectivity index (χ4n) is 1.40. The van der Waals surface area contributed by atoms with E-state index in [4.69, 9.17) is 0 Å². The molecule has 0 spiro atoms. The smallest absolute Gasteiger partial charge is 0.0794 e. The van der Waals surface area contributed by atoms with E-state index in [0.717, 1.165) is 6.42 Å². The first-order valence-corrected chi connectivity index (χ1v) is 7.14. The van der Waals surface area contributed by atoms with E-state index in [0.29, 0.717) is 6.04 Å². The van der Waals surface area contributed by atoms with Crippen molar-refractivity contribution in [2.45, 2.75) is 12.5 Å². The molecule has 2 aromatic rings. The van der Waals surface area contributed by atoms with Crippen LogP contribution < -0.4 is 5.32 Å². The Labute approximate surface area is 106 Å². The molecule has 1 unspecified atom stereocenters. The van der Waals surface area contributed by atoms with Gasteiger partial charge in [0.15, 0.2) is 0 Å². The van der Waals surface area contributed by atoms with Crippen LogP contribution in [0.3, 0.4) is 0 Å². The van der Waals surface area contributed by atoms with Gasteiger partial charge in [0, 0.05) is 32.9 Å². The number of likely N-dealkylation sites (N-methyl/N-ethyl adjacent to an activating group) is 1. The Kier molecular flexibility index (Phi) is 3.91. The summed E-state index contributed by atoms with van der Waals surface area (Å²) in [6.07, 6.45) is 2.95. The second kappa shape index (κ2) is 5.21. The second-order valence-corrected chi connectivity index (χ2v) is 5.91. The van der Waals surface area contributed by atoms with Crippen molar-refractivity contribution in [3.63, 3.8) is 0 Å². The van der Waals surface area contributed by atoms with Crippen molar-refractivity contribution in [1.29, 1.82) is 0 Å². The standard InChI is InChI=1S/C10H11BrN2S2/c1-12-8(10-5-13-6-15-10)4-9-7(11)2-3-14-9/h2-3,5-6,8,12H,4H2,1H3. The maximum atomic E-state index is 4.11. The van der Waals surface area contributed by atoms with Gasteiger partial charge in [0.25, 0.3) is 0 Å². The lowest BCUT2D eigenvalue weighted by molar-refractivity contribution is 0.605. The summed E-state index contributed by atoms with van der Waals surface area (Å²) >= 11 is 7.04. The fourth-order valence-corrected chi connectivity index (χ4v) is 3.69. The Hall–Kier alpha value is -0.230. The molecule has 0 radical (unpaired) electrons. The first-order chi connectivity index (χ1) is 7.31. The average Bonchev–Trinajstić information content (AvgIpc) is 2.86. The number of nitrogens with zero attached hydrogens (tertiary/aromatic N) is 1. The molecule has 0 bridgehead atoms. The normalized spacial score (nSPS) is 12.9. The van der Waals surface area contributed by atoms with E-state index in [1.807, 2.05) is 18.8 Å². The van der Waals surface area contributed by atoms with E-state index in [2.05, 4.69) is 37.7 Å². The summed E-state index contributed by atoms with van der Waals surface area (Å²) in [7, 11) is 1.99. The van der Waals surface area contributed by atoms with Crippen LogP contribution in [0.2, 0.25) is 0 Å². The van der Waals surface area contributed by atoms with E-state index in [1.165, 1.54) is 14.2 Å². The van der Waals surface area contributed by atoms with Crippen LogP contribution in [0.5, 0.6) is 0 Å². The number of nitrogens with one attached hydrogen (secondary N) is 1. The van der Waals surface area contributed by atoms with Crippen molar-refractivity contribution < 1.29 is 0 Å². The lowest BCUT2D eigenvalue weighted by Gasteiger charge is -2.12. The van der Waals surface area contributed by atoms with Crippen LogP contribution in [0.25, 0.3) is 0 Å². The van der Waals surface area contributed by atoms with Crippen LogP contribution in [-0.2, 0) is 6.42 Å². The van der Waals surface area contributed by atoms with Gasteiger partial charge in [-0.1, -0.05) is 0 Å². The van der Waals surface area contributed by atoms with Gasteiger partial charge in [0.2, 0.25) is 0 Å². The highest BCUT2D eigenvalue weighted by molar-refractivity contribution is 9.10. The van der Waals surface area contributed by atoms with Crippen molar-refractivity contribution in [3.05, 3.63) is 37.4 Å². The van der Waals surface area contributed by atoms with E-state index >= 15 is 0 Å². The van der Waals surface area contributed by atoms with Crippen molar-refractivity contribution in [2.24, 2.45) is 0 Å². The SMILES string of the molecule is CNC(Cc1sccc1Br)c1cncs1. The average molecular weight is 303 g/mol. The lowest BCUT2D eigenvalue weighted by atomic mass is 10.1. The van der Waals surface area contributed by atoms with Gasteiger partial charge in [0.05, 0.1) is 5.51 Å². The highest BCUT2D eigenvalue weighted by Gasteiger charge is 2.13. The number of rotatable bonds is 4. The third-order valence-corrected chi connectivity index (χ3v) is 5.06. The first kappa shape index (κ1) is 11.3. The Morgan fingerprint density at radius 3 is 2.93 bits per heavy atom.